The van der Waals surface area contributed by atoms with Gasteiger partial charge in [0.05, 0.1) is 17.7 Å². The fourth-order valence-electron chi connectivity index (χ4n) is 1.66. The van der Waals surface area contributed by atoms with E-state index in [4.69, 9.17) is 4.74 Å². The lowest BCUT2D eigenvalue weighted by Gasteiger charge is -2.14. The average Bonchev–Trinajstić information content (AvgIpc) is 2.40. The largest absolute Gasteiger partial charge is 0.464 e. The molecule has 1 atom stereocenters. The maximum atomic E-state index is 12.0. The number of unbranched alkanes of at least 4 members (excludes halogenated alkanes) is 1. The molecule has 0 spiro atoms. The lowest BCUT2D eigenvalue weighted by atomic mass is 10.2. The molecule has 1 aromatic rings. The molecule has 0 saturated heterocycles. The monoisotopic (exact) mass is 282 g/mol. The molecular weight excluding hydrogens is 264 g/mol. The van der Waals surface area contributed by atoms with Gasteiger partial charge in [0.1, 0.15) is 6.04 Å². The first-order chi connectivity index (χ1) is 9.38. The number of carbonyl (C=O) groups is 1. The molecule has 0 aromatic carbocycles. The van der Waals surface area contributed by atoms with E-state index < -0.39 is 22.5 Å². The molecule has 7 nitrogen and oxygen atoms in total. The molecule has 0 amide bonds. The maximum Gasteiger partial charge on any atom is 0.328 e. The van der Waals surface area contributed by atoms with Crippen molar-refractivity contribution in [1.82, 2.24) is 4.57 Å². The zero-order chi connectivity index (χ0) is 15.3. The number of hydrogen-bond donors (Lipinski definition) is 0. The SMILES string of the molecule is CCCCOC(=O)C(C)n1cc([N+](=O)[O-])cc(C)c1=O. The minimum absolute atomic E-state index is 0.215. The smallest absolute Gasteiger partial charge is 0.328 e. The molecule has 0 radical (unpaired) electrons. The number of esters is 1. The predicted octanol–water partition coefficient (Wildman–Crippen LogP) is 1.97. The Labute approximate surface area is 116 Å². The van der Waals surface area contributed by atoms with E-state index in [-0.39, 0.29) is 17.9 Å². The minimum Gasteiger partial charge on any atom is -0.464 e. The Morgan fingerprint density at radius 2 is 2.20 bits per heavy atom. The van der Waals surface area contributed by atoms with Gasteiger partial charge < -0.3 is 4.74 Å². The molecule has 0 saturated carbocycles. The van der Waals surface area contributed by atoms with E-state index in [1.54, 1.807) is 0 Å². The predicted molar refractivity (Wildman–Crippen MR) is 72.7 cm³/mol. The standard InChI is InChI=1S/C13H18N2O5/c1-4-5-6-20-13(17)10(3)14-8-11(15(18)19)7-9(2)12(14)16/h7-8,10H,4-6H2,1-3H3. The molecule has 0 N–H and O–H groups in total. The van der Waals surface area contributed by atoms with Crippen LogP contribution in [0.4, 0.5) is 5.69 Å². The van der Waals surface area contributed by atoms with Crippen LogP contribution in [0.25, 0.3) is 0 Å². The second-order valence-electron chi connectivity index (χ2n) is 4.55. The Kier molecular flexibility index (Phi) is 5.42. The van der Waals surface area contributed by atoms with E-state index in [9.17, 15) is 19.7 Å². The van der Waals surface area contributed by atoms with Crippen LogP contribution in [-0.4, -0.2) is 22.1 Å². The zero-order valence-corrected chi connectivity index (χ0v) is 11.8. The lowest BCUT2D eigenvalue weighted by molar-refractivity contribution is -0.385. The van der Waals surface area contributed by atoms with Crippen LogP contribution in [0.3, 0.4) is 0 Å². The summed E-state index contributed by atoms with van der Waals surface area (Å²) < 4.78 is 6.07. The third-order valence-corrected chi connectivity index (χ3v) is 2.92. The third-order valence-electron chi connectivity index (χ3n) is 2.92. The van der Waals surface area contributed by atoms with Gasteiger partial charge >= 0.3 is 5.97 Å². The van der Waals surface area contributed by atoms with Gasteiger partial charge in [0.25, 0.3) is 11.2 Å². The van der Waals surface area contributed by atoms with Crippen molar-refractivity contribution in [2.45, 2.75) is 39.7 Å². The molecule has 0 fully saturated rings. The van der Waals surface area contributed by atoms with E-state index >= 15 is 0 Å². The second kappa shape index (κ2) is 6.83. The van der Waals surface area contributed by atoms with Crippen molar-refractivity contribution in [2.24, 2.45) is 0 Å². The summed E-state index contributed by atoms with van der Waals surface area (Å²) in [4.78, 5) is 34.0. The molecule has 0 aliphatic heterocycles. The summed E-state index contributed by atoms with van der Waals surface area (Å²) in [6.07, 6.45) is 2.69. The van der Waals surface area contributed by atoms with Crippen molar-refractivity contribution in [2.75, 3.05) is 6.61 Å². The highest BCUT2D eigenvalue weighted by molar-refractivity contribution is 5.73. The van der Waals surface area contributed by atoms with Crippen molar-refractivity contribution in [3.8, 4) is 0 Å². The van der Waals surface area contributed by atoms with Crippen LogP contribution in [0.15, 0.2) is 17.1 Å². The Morgan fingerprint density at radius 1 is 1.55 bits per heavy atom. The molecule has 20 heavy (non-hydrogen) atoms. The Morgan fingerprint density at radius 3 is 2.75 bits per heavy atom. The third kappa shape index (κ3) is 3.66. The summed E-state index contributed by atoms with van der Waals surface area (Å²) in [6.45, 7) is 5.20. The number of aryl methyl sites for hydroxylation is 1. The van der Waals surface area contributed by atoms with Crippen LogP contribution in [-0.2, 0) is 9.53 Å². The number of carbonyl (C=O) groups excluding carboxylic acids is 1. The summed E-state index contributed by atoms with van der Waals surface area (Å²) in [6, 6.07) is 0.298. The summed E-state index contributed by atoms with van der Waals surface area (Å²) in [5.74, 6) is -0.569. The van der Waals surface area contributed by atoms with Crippen molar-refractivity contribution < 1.29 is 14.5 Å². The van der Waals surface area contributed by atoms with E-state index in [2.05, 4.69) is 0 Å². The molecule has 0 aliphatic rings. The van der Waals surface area contributed by atoms with Gasteiger partial charge in [-0.05, 0) is 20.3 Å². The molecule has 0 bridgehead atoms. The fourth-order valence-corrected chi connectivity index (χ4v) is 1.66. The van der Waals surface area contributed by atoms with Crippen LogP contribution < -0.4 is 5.56 Å². The Bertz CT molecular complexity index is 564. The summed E-state index contributed by atoms with van der Waals surface area (Å²) in [5, 5.41) is 10.8. The van der Waals surface area contributed by atoms with Gasteiger partial charge in [-0.2, -0.15) is 0 Å². The summed E-state index contributed by atoms with van der Waals surface area (Å²) in [7, 11) is 0. The van der Waals surface area contributed by atoms with Gasteiger partial charge in [0.15, 0.2) is 0 Å². The Balaban J connectivity index is 3.03. The number of rotatable bonds is 6. The molecule has 1 aromatic heterocycles. The van der Waals surface area contributed by atoms with Crippen LogP contribution in [0.1, 0.15) is 38.3 Å². The number of nitrogens with zero attached hydrogens (tertiary/aromatic N) is 2. The van der Waals surface area contributed by atoms with Gasteiger partial charge in [-0.15, -0.1) is 0 Å². The zero-order valence-electron chi connectivity index (χ0n) is 11.8. The molecule has 1 heterocycles. The molecule has 1 rings (SSSR count). The van der Waals surface area contributed by atoms with E-state index in [1.807, 2.05) is 6.92 Å². The highest BCUT2D eigenvalue weighted by Gasteiger charge is 2.21. The quantitative estimate of drug-likeness (QED) is 0.344. The topological polar surface area (TPSA) is 91.4 Å². The number of aromatic nitrogens is 1. The molecule has 110 valence electrons. The highest BCUT2D eigenvalue weighted by Crippen LogP contribution is 2.14. The molecular formula is C13H18N2O5. The van der Waals surface area contributed by atoms with Crippen LogP contribution in [0.5, 0.6) is 0 Å². The number of ether oxygens (including phenoxy) is 1. The normalized spacial score (nSPS) is 11.9. The second-order valence-corrected chi connectivity index (χ2v) is 4.55. The van der Waals surface area contributed by atoms with Crippen LogP contribution in [0, 0.1) is 17.0 Å². The van der Waals surface area contributed by atoms with Crippen molar-refractivity contribution in [3.63, 3.8) is 0 Å². The first-order valence-electron chi connectivity index (χ1n) is 6.42. The molecule has 1 unspecified atom stereocenters. The first-order valence-corrected chi connectivity index (χ1v) is 6.42. The maximum absolute atomic E-state index is 12.0. The van der Waals surface area contributed by atoms with Crippen molar-refractivity contribution in [3.05, 3.63) is 38.3 Å². The highest BCUT2D eigenvalue weighted by atomic mass is 16.6. The minimum atomic E-state index is -0.891. The summed E-state index contributed by atoms with van der Waals surface area (Å²) in [5.41, 5.74) is -0.446. The van der Waals surface area contributed by atoms with Crippen LogP contribution in [0.2, 0.25) is 0 Å². The van der Waals surface area contributed by atoms with Gasteiger partial charge in [-0.3, -0.25) is 19.5 Å². The van der Waals surface area contributed by atoms with Gasteiger partial charge in [0, 0.05) is 11.6 Å². The van der Waals surface area contributed by atoms with Crippen LogP contribution >= 0.6 is 0 Å². The fraction of sp³-hybridized carbons (Fsp3) is 0.538. The number of hydrogen-bond acceptors (Lipinski definition) is 5. The average molecular weight is 282 g/mol. The number of pyridine rings is 1. The van der Waals surface area contributed by atoms with Gasteiger partial charge in [-0.25, -0.2) is 4.79 Å². The van der Waals surface area contributed by atoms with Crippen molar-refractivity contribution in [1.29, 1.82) is 0 Å². The number of nitro groups is 1. The van der Waals surface area contributed by atoms with Crippen molar-refractivity contribution >= 4 is 11.7 Å². The van der Waals surface area contributed by atoms with E-state index in [0.717, 1.165) is 23.6 Å². The Hall–Kier alpha value is -2.18. The van der Waals surface area contributed by atoms with Gasteiger partial charge in [0.2, 0.25) is 0 Å². The molecule has 7 heteroatoms. The molecule has 0 aliphatic carbocycles. The van der Waals surface area contributed by atoms with E-state index in [1.165, 1.54) is 19.9 Å². The first kappa shape index (κ1) is 15.9. The lowest BCUT2D eigenvalue weighted by Crippen LogP contribution is -2.30. The van der Waals surface area contributed by atoms with E-state index in [0.29, 0.717) is 0 Å². The van der Waals surface area contributed by atoms with Gasteiger partial charge in [-0.1, -0.05) is 13.3 Å². The summed E-state index contributed by atoms with van der Waals surface area (Å²) >= 11 is 0.